The molecule has 1 amide bonds. The minimum Gasteiger partial charge on any atom is -0.352 e. The molecule has 2 heterocycles. The van der Waals surface area contributed by atoms with E-state index in [1.54, 1.807) is 29.1 Å². The molecule has 1 N–H and O–H groups in total. The Bertz CT molecular complexity index is 928. The number of piperidine rings is 1. The number of hydrogen-bond donors (Lipinski definition) is 1. The third-order valence-electron chi connectivity index (χ3n) is 4.91. The van der Waals surface area contributed by atoms with Gasteiger partial charge >= 0.3 is 0 Å². The van der Waals surface area contributed by atoms with Crippen LogP contribution in [0.15, 0.2) is 54.1 Å². The number of hydrogen-bond acceptors (Lipinski definition) is 4. The number of aryl methyl sites for hydroxylation is 1. The Labute approximate surface area is 159 Å². The summed E-state index contributed by atoms with van der Waals surface area (Å²) < 4.78 is 29.3. The van der Waals surface area contributed by atoms with Gasteiger partial charge in [-0.1, -0.05) is 18.7 Å². The zero-order valence-electron chi connectivity index (χ0n) is 15.3. The largest absolute Gasteiger partial charge is 0.352 e. The molecule has 0 spiro atoms. The lowest BCUT2D eigenvalue weighted by molar-refractivity contribution is -0.116. The summed E-state index contributed by atoms with van der Waals surface area (Å²) in [5.74, 6) is 0.0816. The van der Waals surface area contributed by atoms with Crippen molar-refractivity contribution < 1.29 is 13.2 Å². The number of nitrogens with zero attached hydrogens (tertiary/aromatic N) is 3. The molecular weight excluding hydrogens is 364 g/mol. The molecule has 0 saturated carbocycles. The van der Waals surface area contributed by atoms with Gasteiger partial charge in [0.25, 0.3) is 0 Å². The van der Waals surface area contributed by atoms with Crippen LogP contribution in [-0.4, -0.2) is 48.0 Å². The van der Waals surface area contributed by atoms with E-state index in [0.717, 1.165) is 24.1 Å². The first-order valence-electron chi connectivity index (χ1n) is 8.90. The highest BCUT2D eigenvalue weighted by molar-refractivity contribution is 7.89. The van der Waals surface area contributed by atoms with Gasteiger partial charge < -0.3 is 5.32 Å². The summed E-state index contributed by atoms with van der Waals surface area (Å²) in [6.45, 7) is 4.88. The first-order valence-corrected chi connectivity index (χ1v) is 10.3. The average molecular weight is 388 g/mol. The molecule has 1 aliphatic rings. The van der Waals surface area contributed by atoms with Gasteiger partial charge in [0, 0.05) is 38.4 Å². The molecule has 0 bridgehead atoms. The zero-order valence-corrected chi connectivity index (χ0v) is 16.2. The van der Waals surface area contributed by atoms with Crippen LogP contribution in [0.2, 0.25) is 0 Å². The lowest BCUT2D eigenvalue weighted by atomic mass is 9.98. The molecule has 1 saturated heterocycles. The molecule has 1 fully saturated rings. The summed E-state index contributed by atoms with van der Waals surface area (Å²) in [4.78, 5) is 11.6. The van der Waals surface area contributed by atoms with Crippen LogP contribution in [0.4, 0.5) is 0 Å². The smallest absolute Gasteiger partial charge is 0.243 e. The fourth-order valence-corrected chi connectivity index (χ4v) is 4.81. The predicted molar refractivity (Wildman–Crippen MR) is 103 cm³/mol. The Morgan fingerprint density at radius 3 is 2.70 bits per heavy atom. The van der Waals surface area contributed by atoms with Gasteiger partial charge in [0.05, 0.1) is 10.6 Å². The van der Waals surface area contributed by atoms with Gasteiger partial charge in [0.2, 0.25) is 15.9 Å². The standard InChI is InChI=1S/C19H24N4O3S/c1-3-19(24)20-14-15-8-11-23(12-9-15)27(25,26)17-6-4-5-16(13-17)18-7-10-21-22(18)2/h3-7,10,13,15H,1,8-9,11-12,14H2,2H3,(H,20,24). The van der Waals surface area contributed by atoms with E-state index in [1.807, 2.05) is 19.2 Å². The van der Waals surface area contributed by atoms with Crippen LogP contribution in [0.3, 0.4) is 0 Å². The summed E-state index contributed by atoms with van der Waals surface area (Å²) in [6, 6.07) is 8.82. The van der Waals surface area contributed by atoms with Crippen LogP contribution >= 0.6 is 0 Å². The number of benzene rings is 1. The molecular formula is C19H24N4O3S. The number of carbonyl (C=O) groups is 1. The van der Waals surface area contributed by atoms with E-state index in [1.165, 1.54) is 10.4 Å². The number of carbonyl (C=O) groups excluding carboxylic acids is 1. The number of nitrogens with one attached hydrogen (secondary N) is 1. The van der Waals surface area contributed by atoms with E-state index < -0.39 is 10.0 Å². The maximum absolute atomic E-state index is 13.0. The molecule has 144 valence electrons. The molecule has 0 aliphatic carbocycles. The first kappa shape index (κ1) is 19.3. The van der Waals surface area contributed by atoms with Crippen molar-refractivity contribution in [2.24, 2.45) is 13.0 Å². The van der Waals surface area contributed by atoms with Gasteiger partial charge in [0.1, 0.15) is 0 Å². The molecule has 8 heteroatoms. The molecule has 7 nitrogen and oxygen atoms in total. The van der Waals surface area contributed by atoms with Gasteiger partial charge in [-0.3, -0.25) is 9.48 Å². The molecule has 0 radical (unpaired) electrons. The second kappa shape index (κ2) is 8.06. The summed E-state index contributed by atoms with van der Waals surface area (Å²) >= 11 is 0. The Balaban J connectivity index is 1.70. The molecule has 27 heavy (non-hydrogen) atoms. The summed E-state index contributed by atoms with van der Waals surface area (Å²) in [5.41, 5.74) is 1.68. The maximum Gasteiger partial charge on any atom is 0.243 e. The van der Waals surface area contributed by atoms with Crippen molar-refractivity contribution in [3.63, 3.8) is 0 Å². The van der Waals surface area contributed by atoms with E-state index in [4.69, 9.17) is 0 Å². The minimum absolute atomic E-state index is 0.197. The van der Waals surface area contributed by atoms with Crippen LogP contribution in [0.5, 0.6) is 0 Å². The predicted octanol–water partition coefficient (Wildman–Crippen LogP) is 1.79. The van der Waals surface area contributed by atoms with E-state index in [0.29, 0.717) is 24.5 Å². The summed E-state index contributed by atoms with van der Waals surface area (Å²) in [6.07, 6.45) is 4.37. The second-order valence-corrected chi connectivity index (χ2v) is 8.60. The van der Waals surface area contributed by atoms with Crippen molar-refractivity contribution >= 4 is 15.9 Å². The average Bonchev–Trinajstić information content (AvgIpc) is 3.12. The fourth-order valence-electron chi connectivity index (χ4n) is 3.29. The third kappa shape index (κ3) is 4.28. The highest BCUT2D eigenvalue weighted by Crippen LogP contribution is 2.27. The third-order valence-corrected chi connectivity index (χ3v) is 6.81. The van der Waals surface area contributed by atoms with Crippen LogP contribution in [-0.2, 0) is 21.9 Å². The van der Waals surface area contributed by atoms with E-state index in [2.05, 4.69) is 17.0 Å². The molecule has 1 aromatic heterocycles. The monoisotopic (exact) mass is 388 g/mol. The van der Waals surface area contributed by atoms with Crippen LogP contribution in [0.1, 0.15) is 12.8 Å². The zero-order chi connectivity index (χ0) is 19.4. The highest BCUT2D eigenvalue weighted by Gasteiger charge is 2.29. The second-order valence-electron chi connectivity index (χ2n) is 6.66. The summed E-state index contributed by atoms with van der Waals surface area (Å²) in [5, 5.41) is 6.92. The van der Waals surface area contributed by atoms with Gasteiger partial charge in [-0.2, -0.15) is 9.40 Å². The van der Waals surface area contributed by atoms with Crippen LogP contribution in [0, 0.1) is 5.92 Å². The van der Waals surface area contributed by atoms with Crippen molar-refractivity contribution in [2.45, 2.75) is 17.7 Å². The summed E-state index contributed by atoms with van der Waals surface area (Å²) in [7, 11) is -1.72. The minimum atomic E-state index is -3.55. The van der Waals surface area contributed by atoms with Crippen molar-refractivity contribution in [3.05, 3.63) is 49.2 Å². The van der Waals surface area contributed by atoms with E-state index in [-0.39, 0.29) is 11.8 Å². The maximum atomic E-state index is 13.0. The number of rotatable bonds is 6. The van der Waals surface area contributed by atoms with Crippen molar-refractivity contribution in [3.8, 4) is 11.3 Å². The van der Waals surface area contributed by atoms with Crippen LogP contribution < -0.4 is 5.32 Å². The number of sulfonamides is 1. The fraction of sp³-hybridized carbons (Fsp3) is 0.368. The van der Waals surface area contributed by atoms with E-state index in [9.17, 15) is 13.2 Å². The Morgan fingerprint density at radius 1 is 1.33 bits per heavy atom. The number of aromatic nitrogens is 2. The van der Waals surface area contributed by atoms with Gasteiger partial charge in [-0.15, -0.1) is 0 Å². The van der Waals surface area contributed by atoms with Crippen molar-refractivity contribution in [1.29, 1.82) is 0 Å². The Morgan fingerprint density at radius 2 is 2.07 bits per heavy atom. The Kier molecular flexibility index (Phi) is 5.76. The topological polar surface area (TPSA) is 84.3 Å². The molecule has 2 aromatic rings. The quantitative estimate of drug-likeness (QED) is 0.765. The SMILES string of the molecule is C=CC(=O)NCC1CCN(S(=O)(=O)c2cccc(-c3ccnn3C)c2)CC1. The van der Waals surface area contributed by atoms with Crippen molar-refractivity contribution in [1.82, 2.24) is 19.4 Å². The molecule has 0 atom stereocenters. The molecule has 1 aliphatic heterocycles. The lowest BCUT2D eigenvalue weighted by Crippen LogP contribution is -2.41. The van der Waals surface area contributed by atoms with Gasteiger partial charge in [-0.05, 0) is 43.0 Å². The number of amides is 1. The lowest BCUT2D eigenvalue weighted by Gasteiger charge is -2.31. The molecule has 3 rings (SSSR count). The molecule has 0 unspecified atom stereocenters. The molecule has 1 aromatic carbocycles. The van der Waals surface area contributed by atoms with Crippen molar-refractivity contribution in [2.75, 3.05) is 19.6 Å². The Hall–Kier alpha value is -2.45. The van der Waals surface area contributed by atoms with Gasteiger partial charge in [0.15, 0.2) is 0 Å². The van der Waals surface area contributed by atoms with Crippen LogP contribution in [0.25, 0.3) is 11.3 Å². The van der Waals surface area contributed by atoms with E-state index >= 15 is 0 Å². The normalized spacial score (nSPS) is 16.2. The first-order chi connectivity index (χ1) is 12.9. The van der Waals surface area contributed by atoms with Gasteiger partial charge in [-0.25, -0.2) is 8.42 Å². The highest BCUT2D eigenvalue weighted by atomic mass is 32.2.